The summed E-state index contributed by atoms with van der Waals surface area (Å²) in [6, 6.07) is -0.112. The lowest BCUT2D eigenvalue weighted by molar-refractivity contribution is 0.176. The first-order chi connectivity index (χ1) is 4.66. The smallest absolute Gasteiger partial charge is 0.0582 e. The highest BCUT2D eigenvalue weighted by molar-refractivity contribution is 4.59. The van der Waals surface area contributed by atoms with Gasteiger partial charge in [-0.1, -0.05) is 0 Å². The Morgan fingerprint density at radius 2 is 2.00 bits per heavy atom. The summed E-state index contributed by atoms with van der Waals surface area (Å²) in [6.45, 7) is 1.80. The van der Waals surface area contributed by atoms with E-state index < -0.39 is 0 Å². The Kier molecular flexibility index (Phi) is 5.58. The summed E-state index contributed by atoms with van der Waals surface area (Å²) in [6.07, 6.45) is 2.21. The molecule has 0 aliphatic rings. The van der Waals surface area contributed by atoms with Crippen LogP contribution in [0.1, 0.15) is 26.2 Å². The Hall–Kier alpha value is -0.120. The van der Waals surface area contributed by atoms with Crippen LogP contribution in [0.5, 0.6) is 0 Å². The molecule has 62 valence electrons. The topological polar surface area (TPSA) is 66.5 Å². The molecule has 0 rings (SSSR count). The second-order valence-corrected chi connectivity index (χ2v) is 2.72. The number of aliphatic hydroxyl groups is 2. The Bertz CT molecular complexity index is 76.0. The second kappa shape index (κ2) is 5.65. The van der Waals surface area contributed by atoms with Crippen LogP contribution in [0.2, 0.25) is 0 Å². The molecule has 3 nitrogen and oxygen atoms in total. The van der Waals surface area contributed by atoms with Crippen LogP contribution >= 0.6 is 0 Å². The lowest BCUT2D eigenvalue weighted by Crippen LogP contribution is -2.24. The number of rotatable bonds is 5. The maximum Gasteiger partial charge on any atom is 0.0582 e. The van der Waals surface area contributed by atoms with E-state index in [-0.39, 0.29) is 18.8 Å². The Morgan fingerprint density at radius 3 is 2.40 bits per heavy atom. The molecule has 0 saturated carbocycles. The SMILES string of the molecule is C[C@@H](O)CCC[C@@H](N)CO. The highest BCUT2D eigenvalue weighted by Gasteiger charge is 2.00. The van der Waals surface area contributed by atoms with Gasteiger partial charge < -0.3 is 15.9 Å². The average Bonchev–Trinajstić information content (AvgIpc) is 1.87. The maximum absolute atomic E-state index is 8.83. The summed E-state index contributed by atoms with van der Waals surface area (Å²) in [5, 5.41) is 17.3. The van der Waals surface area contributed by atoms with Crippen LogP contribution < -0.4 is 5.73 Å². The monoisotopic (exact) mass is 147 g/mol. The van der Waals surface area contributed by atoms with E-state index in [1.165, 1.54) is 0 Å². The Morgan fingerprint density at radius 1 is 1.40 bits per heavy atom. The van der Waals surface area contributed by atoms with Crippen LogP contribution in [-0.2, 0) is 0 Å². The van der Waals surface area contributed by atoms with Gasteiger partial charge >= 0.3 is 0 Å². The standard InChI is InChI=1S/C7H17NO2/c1-6(10)3-2-4-7(8)5-9/h6-7,9-10H,2-5,8H2,1H3/t6-,7-/m1/s1. The highest BCUT2D eigenvalue weighted by Crippen LogP contribution is 2.01. The van der Waals surface area contributed by atoms with Crippen molar-refractivity contribution in [1.29, 1.82) is 0 Å². The molecule has 3 heteroatoms. The van der Waals surface area contributed by atoms with Gasteiger partial charge in [-0.25, -0.2) is 0 Å². The summed E-state index contributed by atoms with van der Waals surface area (Å²) >= 11 is 0. The predicted octanol–water partition coefficient (Wildman–Crippen LogP) is -0.143. The fourth-order valence-electron chi connectivity index (χ4n) is 0.767. The summed E-state index contributed by atoms with van der Waals surface area (Å²) in [5.74, 6) is 0. The number of hydrogen-bond acceptors (Lipinski definition) is 3. The Balaban J connectivity index is 3.03. The average molecular weight is 147 g/mol. The van der Waals surface area contributed by atoms with Gasteiger partial charge in [0.05, 0.1) is 12.7 Å². The van der Waals surface area contributed by atoms with Gasteiger partial charge in [-0.2, -0.15) is 0 Å². The molecule has 0 saturated heterocycles. The minimum atomic E-state index is -0.245. The summed E-state index contributed by atoms with van der Waals surface area (Å²) < 4.78 is 0. The van der Waals surface area contributed by atoms with Crippen LogP contribution in [0.25, 0.3) is 0 Å². The molecule has 0 aliphatic heterocycles. The van der Waals surface area contributed by atoms with Gasteiger partial charge in [0.25, 0.3) is 0 Å². The fourth-order valence-corrected chi connectivity index (χ4v) is 0.767. The first kappa shape index (κ1) is 9.88. The van der Waals surface area contributed by atoms with E-state index in [2.05, 4.69) is 0 Å². The van der Waals surface area contributed by atoms with Gasteiger partial charge in [0.15, 0.2) is 0 Å². The summed E-state index contributed by atoms with van der Waals surface area (Å²) in [5.41, 5.74) is 5.43. The van der Waals surface area contributed by atoms with Crippen molar-refractivity contribution in [3.05, 3.63) is 0 Å². The first-order valence-electron chi connectivity index (χ1n) is 3.71. The molecule has 0 spiro atoms. The number of aliphatic hydroxyl groups excluding tert-OH is 2. The van der Waals surface area contributed by atoms with Crippen molar-refractivity contribution in [2.24, 2.45) is 5.73 Å². The van der Waals surface area contributed by atoms with Gasteiger partial charge in [0.2, 0.25) is 0 Å². The molecular formula is C7H17NO2. The molecule has 0 aliphatic carbocycles. The van der Waals surface area contributed by atoms with Crippen molar-refractivity contribution < 1.29 is 10.2 Å². The minimum Gasteiger partial charge on any atom is -0.395 e. The third-order valence-corrected chi connectivity index (χ3v) is 1.43. The molecule has 0 heterocycles. The molecule has 0 aromatic carbocycles. The van der Waals surface area contributed by atoms with Crippen molar-refractivity contribution in [2.45, 2.75) is 38.3 Å². The van der Waals surface area contributed by atoms with Crippen LogP contribution in [-0.4, -0.2) is 29.0 Å². The highest BCUT2D eigenvalue weighted by atomic mass is 16.3. The zero-order chi connectivity index (χ0) is 7.98. The molecule has 0 unspecified atom stereocenters. The molecule has 0 bridgehead atoms. The van der Waals surface area contributed by atoms with Crippen molar-refractivity contribution in [1.82, 2.24) is 0 Å². The van der Waals surface area contributed by atoms with Crippen molar-refractivity contribution in [3.8, 4) is 0 Å². The van der Waals surface area contributed by atoms with E-state index in [0.29, 0.717) is 0 Å². The zero-order valence-corrected chi connectivity index (χ0v) is 6.45. The van der Waals surface area contributed by atoms with Gasteiger partial charge in [0.1, 0.15) is 0 Å². The quantitative estimate of drug-likeness (QED) is 0.507. The molecular weight excluding hydrogens is 130 g/mol. The van der Waals surface area contributed by atoms with Crippen molar-refractivity contribution in [3.63, 3.8) is 0 Å². The van der Waals surface area contributed by atoms with E-state index in [9.17, 15) is 0 Å². The molecule has 2 atom stereocenters. The first-order valence-corrected chi connectivity index (χ1v) is 3.71. The van der Waals surface area contributed by atoms with Crippen LogP contribution in [0.4, 0.5) is 0 Å². The second-order valence-electron chi connectivity index (χ2n) is 2.72. The van der Waals surface area contributed by atoms with Gasteiger partial charge in [-0.15, -0.1) is 0 Å². The molecule has 10 heavy (non-hydrogen) atoms. The zero-order valence-electron chi connectivity index (χ0n) is 6.45. The summed E-state index contributed by atoms with van der Waals surface area (Å²) in [4.78, 5) is 0. The molecule has 0 fully saturated rings. The Labute approximate surface area is 61.9 Å². The minimum absolute atomic E-state index is 0.0415. The van der Waals surface area contributed by atoms with E-state index in [1.54, 1.807) is 6.92 Å². The molecule has 0 amide bonds. The molecule has 0 aromatic rings. The molecule has 0 radical (unpaired) electrons. The maximum atomic E-state index is 8.83. The van der Waals surface area contributed by atoms with E-state index in [4.69, 9.17) is 15.9 Å². The lowest BCUT2D eigenvalue weighted by Gasteiger charge is -2.07. The molecule has 4 N–H and O–H groups in total. The van der Waals surface area contributed by atoms with E-state index in [0.717, 1.165) is 19.3 Å². The lowest BCUT2D eigenvalue weighted by atomic mass is 10.1. The van der Waals surface area contributed by atoms with Gasteiger partial charge in [-0.05, 0) is 26.2 Å². The number of hydrogen-bond donors (Lipinski definition) is 3. The summed E-state index contributed by atoms with van der Waals surface area (Å²) in [7, 11) is 0. The van der Waals surface area contributed by atoms with Crippen molar-refractivity contribution >= 4 is 0 Å². The van der Waals surface area contributed by atoms with Gasteiger partial charge in [0, 0.05) is 6.04 Å². The fraction of sp³-hybridized carbons (Fsp3) is 1.00. The van der Waals surface area contributed by atoms with Gasteiger partial charge in [-0.3, -0.25) is 0 Å². The normalized spacial score (nSPS) is 16.8. The predicted molar refractivity (Wildman–Crippen MR) is 40.6 cm³/mol. The third-order valence-electron chi connectivity index (χ3n) is 1.43. The largest absolute Gasteiger partial charge is 0.395 e. The van der Waals surface area contributed by atoms with E-state index >= 15 is 0 Å². The van der Waals surface area contributed by atoms with E-state index in [1.807, 2.05) is 0 Å². The van der Waals surface area contributed by atoms with Crippen LogP contribution in [0, 0.1) is 0 Å². The van der Waals surface area contributed by atoms with Crippen LogP contribution in [0.3, 0.4) is 0 Å². The van der Waals surface area contributed by atoms with Crippen molar-refractivity contribution in [2.75, 3.05) is 6.61 Å². The molecule has 0 aromatic heterocycles. The third kappa shape index (κ3) is 6.01. The van der Waals surface area contributed by atoms with Crippen LogP contribution in [0.15, 0.2) is 0 Å². The number of nitrogens with two attached hydrogens (primary N) is 1.